The van der Waals surface area contributed by atoms with Crippen LogP contribution < -0.4 is 32.3 Å². The number of rotatable bonds is 36. The van der Waals surface area contributed by atoms with E-state index in [9.17, 15) is 57.8 Å². The van der Waals surface area contributed by atoms with Gasteiger partial charge < -0.3 is 66.8 Å². The van der Waals surface area contributed by atoms with Gasteiger partial charge in [-0.1, -0.05) is 96.9 Å². The number of hydrogen-bond donors (Lipinski definition) is 7. The van der Waals surface area contributed by atoms with Gasteiger partial charge in [-0.05, 0) is 100 Å². The number of carbonyl (C=O) groups excluding carboxylic acids is 11. The molecule has 0 fully saturated rings. The number of carbonyl (C=O) groups is 11. The Morgan fingerprint density at radius 2 is 0.881 bits per heavy atom. The molecule has 84 heavy (non-hydrogen) atoms. The lowest BCUT2D eigenvalue weighted by Gasteiger charge is -2.39. The molecular weight excluding hydrogens is 1080 g/mol. The van der Waals surface area contributed by atoms with Gasteiger partial charge in [-0.2, -0.15) is 0 Å². The van der Waals surface area contributed by atoms with E-state index < -0.39 is 132 Å². The first-order valence-corrected chi connectivity index (χ1v) is 30.1. The maximum Gasteiger partial charge on any atom is 0.245 e. The molecule has 484 valence electrons. The second-order valence-electron chi connectivity index (χ2n) is 25.4. The van der Waals surface area contributed by atoms with E-state index in [1.807, 2.05) is 69.2 Å². The molecular formula is C60H112N12O12. The van der Waals surface area contributed by atoms with E-state index in [0.717, 1.165) is 4.90 Å². The van der Waals surface area contributed by atoms with Crippen molar-refractivity contribution in [2.24, 2.45) is 47.2 Å². The summed E-state index contributed by atoms with van der Waals surface area (Å²) in [5.41, 5.74) is 5.60. The summed E-state index contributed by atoms with van der Waals surface area (Å²) in [6, 6.07) is -9.60. The molecule has 24 heteroatoms. The molecule has 0 aromatic heterocycles. The number of aliphatic hydroxyl groups excluding tert-OH is 1. The van der Waals surface area contributed by atoms with Gasteiger partial charge in [-0.25, -0.2) is 0 Å². The maximum atomic E-state index is 14.5. The fourth-order valence-corrected chi connectivity index (χ4v) is 9.99. The molecule has 11 atom stereocenters. The fourth-order valence-electron chi connectivity index (χ4n) is 9.99. The van der Waals surface area contributed by atoms with Crippen molar-refractivity contribution in [3.8, 4) is 0 Å². The first kappa shape index (κ1) is 78.1. The Balaban J connectivity index is 6.47. The van der Waals surface area contributed by atoms with Crippen molar-refractivity contribution in [1.82, 2.24) is 56.0 Å². The van der Waals surface area contributed by atoms with Crippen LogP contribution in [0.25, 0.3) is 0 Å². The molecule has 0 aliphatic carbocycles. The van der Waals surface area contributed by atoms with Gasteiger partial charge in [0.25, 0.3) is 0 Å². The molecule has 0 rings (SSSR count). The van der Waals surface area contributed by atoms with Crippen LogP contribution in [0.15, 0.2) is 0 Å². The van der Waals surface area contributed by atoms with Crippen LogP contribution >= 0.6 is 0 Å². The molecule has 0 heterocycles. The predicted molar refractivity (Wildman–Crippen MR) is 325 cm³/mol. The molecule has 0 radical (unpaired) electrons. The lowest BCUT2D eigenvalue weighted by Crippen LogP contribution is -2.61. The quantitative estimate of drug-likeness (QED) is 0.0473. The standard InChI is InChI=1S/C60H112N12O12/c1-24-42(65-48(74)31-47(73)39(14)25-26-61)57(81)67(18)32-49(75)68(19)43(27-33(2)3)54(78)66-50(37(10)11)60(84)69(20)44(28-34(4)5)53(77)63-40(15)52(76)64-41(16)56(80)70(21)45(29-35(6)7)58(82)71(22)46(30-36(8)9)59(83)72(23)51(38(12)13)55(79)62-17/h33-47,50-51,73H,24-32,61H2,1-23H3,(H,62,79)(H,63,77)(H,64,76)(H,65,74)(H,66,78)/t39-,40+,41-,42+,43+,44+,45+,46+,47+,50+,51+/m1/s1. The van der Waals surface area contributed by atoms with E-state index in [0.29, 0.717) is 13.0 Å². The number of nitrogens with two attached hydrogens (primary N) is 1. The summed E-state index contributed by atoms with van der Waals surface area (Å²) in [4.78, 5) is 160. The van der Waals surface area contributed by atoms with Crippen LogP contribution in [-0.4, -0.2) is 222 Å². The molecule has 0 saturated carbocycles. The number of amides is 11. The zero-order chi connectivity index (χ0) is 65.5. The second kappa shape index (κ2) is 36.8. The van der Waals surface area contributed by atoms with Crippen LogP contribution in [-0.2, 0) is 52.7 Å². The highest BCUT2D eigenvalue weighted by Crippen LogP contribution is 2.23. The van der Waals surface area contributed by atoms with E-state index >= 15 is 0 Å². The highest BCUT2D eigenvalue weighted by molar-refractivity contribution is 5.98. The van der Waals surface area contributed by atoms with Crippen molar-refractivity contribution < 1.29 is 57.8 Å². The van der Waals surface area contributed by atoms with Gasteiger partial charge in [-0.3, -0.25) is 52.7 Å². The molecule has 0 bridgehead atoms. The Morgan fingerprint density at radius 1 is 0.464 bits per heavy atom. The van der Waals surface area contributed by atoms with E-state index in [4.69, 9.17) is 5.73 Å². The Bertz CT molecular complexity index is 2190. The van der Waals surface area contributed by atoms with Crippen molar-refractivity contribution in [3.05, 3.63) is 0 Å². The van der Waals surface area contributed by atoms with Gasteiger partial charge in [-0.15, -0.1) is 0 Å². The molecule has 24 nitrogen and oxygen atoms in total. The third kappa shape index (κ3) is 24.2. The van der Waals surface area contributed by atoms with Crippen molar-refractivity contribution in [3.63, 3.8) is 0 Å². The zero-order valence-electron chi connectivity index (χ0n) is 55.4. The number of nitrogens with one attached hydrogen (secondary N) is 5. The average Bonchev–Trinajstić information content (AvgIpc) is 3.53. The van der Waals surface area contributed by atoms with Crippen LogP contribution in [0, 0.1) is 41.4 Å². The minimum atomic E-state index is -1.22. The molecule has 0 aromatic rings. The lowest BCUT2D eigenvalue weighted by molar-refractivity contribution is -0.153. The van der Waals surface area contributed by atoms with Gasteiger partial charge in [0.05, 0.1) is 19.1 Å². The van der Waals surface area contributed by atoms with Crippen molar-refractivity contribution in [2.75, 3.05) is 62.4 Å². The van der Waals surface area contributed by atoms with Gasteiger partial charge >= 0.3 is 0 Å². The monoisotopic (exact) mass is 1190 g/mol. The van der Waals surface area contributed by atoms with E-state index in [1.165, 1.54) is 80.6 Å². The topological polar surface area (TPSA) is 314 Å². The highest BCUT2D eigenvalue weighted by atomic mass is 16.3. The third-order valence-corrected chi connectivity index (χ3v) is 15.3. The summed E-state index contributed by atoms with van der Waals surface area (Å²) in [6.45, 7) is 28.4. The van der Waals surface area contributed by atoms with Gasteiger partial charge in [0.2, 0.25) is 65.0 Å². The van der Waals surface area contributed by atoms with Gasteiger partial charge in [0.15, 0.2) is 0 Å². The van der Waals surface area contributed by atoms with E-state index in [1.54, 1.807) is 34.7 Å². The van der Waals surface area contributed by atoms with Crippen LogP contribution in [0.4, 0.5) is 0 Å². The van der Waals surface area contributed by atoms with Gasteiger partial charge in [0, 0.05) is 49.3 Å². The van der Waals surface area contributed by atoms with Gasteiger partial charge in [0.1, 0.15) is 54.4 Å². The second-order valence-corrected chi connectivity index (χ2v) is 25.4. The van der Waals surface area contributed by atoms with Crippen LogP contribution in [0.1, 0.15) is 156 Å². The molecule has 0 saturated heterocycles. The molecule has 0 aliphatic heterocycles. The number of hydrogen-bond acceptors (Lipinski definition) is 13. The summed E-state index contributed by atoms with van der Waals surface area (Å²) in [5.74, 6) is -7.50. The summed E-state index contributed by atoms with van der Waals surface area (Å²) >= 11 is 0. The van der Waals surface area contributed by atoms with Crippen molar-refractivity contribution >= 4 is 65.0 Å². The predicted octanol–water partition coefficient (Wildman–Crippen LogP) is 1.95. The Morgan fingerprint density at radius 3 is 1.31 bits per heavy atom. The zero-order valence-corrected chi connectivity index (χ0v) is 55.4. The van der Waals surface area contributed by atoms with E-state index in [-0.39, 0.29) is 79.9 Å². The summed E-state index contributed by atoms with van der Waals surface area (Å²) in [7, 11) is 10.3. The first-order valence-electron chi connectivity index (χ1n) is 30.1. The normalized spacial score (nSPS) is 15.6. The lowest BCUT2D eigenvalue weighted by atomic mass is 9.96. The average molecular weight is 1190 g/mol. The minimum absolute atomic E-state index is 0.0252. The molecule has 0 unspecified atom stereocenters. The molecule has 0 spiro atoms. The Labute approximate surface area is 502 Å². The summed E-state index contributed by atoms with van der Waals surface area (Å²) in [6.07, 6.45) is 0.382. The van der Waals surface area contributed by atoms with Crippen molar-refractivity contribution in [1.29, 1.82) is 0 Å². The van der Waals surface area contributed by atoms with E-state index in [2.05, 4.69) is 26.6 Å². The summed E-state index contributed by atoms with van der Waals surface area (Å²) in [5, 5.41) is 23.9. The third-order valence-electron chi connectivity index (χ3n) is 15.3. The molecule has 8 N–H and O–H groups in total. The fraction of sp³-hybridized carbons (Fsp3) is 0.817. The maximum absolute atomic E-state index is 14.5. The smallest absolute Gasteiger partial charge is 0.245 e. The SMILES string of the molecule is CC[C@H](NC(=O)C[C@H](O)[C@H](C)CCN)C(=O)N(C)CC(=O)N(C)[C@@H](CC(C)C)C(=O)N[C@H](C(=O)N(C)[C@@H](CC(C)C)C(=O)N[C@@H](C)C(=O)N[C@H](C)C(=O)N(C)[C@@H](CC(C)C)C(=O)N(C)[C@@H](CC(C)C)C(=O)N(C)[C@H](C(=O)NC)C(C)C)C(C)C. The molecule has 11 amide bonds. The molecule has 0 aliphatic rings. The summed E-state index contributed by atoms with van der Waals surface area (Å²) < 4.78 is 0. The van der Waals surface area contributed by atoms with Crippen LogP contribution in [0.2, 0.25) is 0 Å². The van der Waals surface area contributed by atoms with Crippen molar-refractivity contribution in [2.45, 2.75) is 216 Å². The minimum Gasteiger partial charge on any atom is -0.392 e. The Hall–Kier alpha value is -5.91. The first-order chi connectivity index (χ1) is 38.7. The highest BCUT2D eigenvalue weighted by Gasteiger charge is 2.42. The van der Waals surface area contributed by atoms with Crippen LogP contribution in [0.5, 0.6) is 0 Å². The van der Waals surface area contributed by atoms with Crippen LogP contribution in [0.3, 0.4) is 0 Å². The number of nitrogens with zero attached hydrogens (tertiary/aromatic N) is 6. The number of likely N-dealkylation sites (N-methyl/N-ethyl adjacent to an activating group) is 7. The largest absolute Gasteiger partial charge is 0.392 e. The molecule has 0 aromatic carbocycles. The Kier molecular flexibility index (Phi) is 34.2. The number of aliphatic hydroxyl groups is 1.